The van der Waals surface area contributed by atoms with Gasteiger partial charge in [-0.2, -0.15) is 0 Å². The van der Waals surface area contributed by atoms with E-state index in [0.29, 0.717) is 28.2 Å². The van der Waals surface area contributed by atoms with Crippen molar-refractivity contribution in [3.63, 3.8) is 0 Å². The molecule has 0 unspecified atom stereocenters. The molecule has 0 spiro atoms. The highest BCUT2D eigenvalue weighted by Crippen LogP contribution is 2.31. The van der Waals surface area contributed by atoms with Crippen molar-refractivity contribution in [1.82, 2.24) is 4.98 Å². The molecule has 0 radical (unpaired) electrons. The quantitative estimate of drug-likeness (QED) is 0.927. The molecule has 0 aliphatic carbocycles. The first-order valence-corrected chi connectivity index (χ1v) is 6.15. The second kappa shape index (κ2) is 5.57. The number of ether oxygens (including phenoxy) is 1. The second-order valence-electron chi connectivity index (χ2n) is 3.77. The van der Waals surface area contributed by atoms with Gasteiger partial charge in [0.25, 0.3) is 0 Å². The van der Waals surface area contributed by atoms with Crippen molar-refractivity contribution in [2.45, 2.75) is 13.5 Å². The molecule has 0 saturated carbocycles. The molecule has 0 fully saturated rings. The predicted molar refractivity (Wildman–Crippen MR) is 73.4 cm³/mol. The SMILES string of the molecule is Cc1nc(Oc2ccc(Cl)cc2Cl)ccc1CN. The number of hydrogen-bond donors (Lipinski definition) is 1. The Kier molecular flexibility index (Phi) is 4.07. The molecule has 1 heterocycles. The van der Waals surface area contributed by atoms with Gasteiger partial charge in [-0.15, -0.1) is 0 Å². The van der Waals surface area contributed by atoms with Crippen molar-refractivity contribution in [2.24, 2.45) is 5.73 Å². The average molecular weight is 283 g/mol. The van der Waals surface area contributed by atoms with Crippen LogP contribution in [0.5, 0.6) is 11.6 Å². The van der Waals surface area contributed by atoms with E-state index in [4.69, 9.17) is 33.7 Å². The lowest BCUT2D eigenvalue weighted by atomic mass is 10.2. The molecule has 3 nitrogen and oxygen atoms in total. The minimum atomic E-state index is 0.449. The van der Waals surface area contributed by atoms with Crippen LogP contribution in [-0.2, 0) is 6.54 Å². The molecule has 2 aromatic rings. The maximum atomic E-state index is 6.02. The summed E-state index contributed by atoms with van der Waals surface area (Å²) in [4.78, 5) is 4.31. The topological polar surface area (TPSA) is 48.1 Å². The van der Waals surface area contributed by atoms with Gasteiger partial charge < -0.3 is 10.5 Å². The Morgan fingerprint density at radius 2 is 2.00 bits per heavy atom. The Morgan fingerprint density at radius 3 is 2.61 bits per heavy atom. The number of pyridine rings is 1. The molecule has 0 saturated heterocycles. The summed E-state index contributed by atoms with van der Waals surface area (Å²) < 4.78 is 5.60. The molecule has 0 aliphatic heterocycles. The van der Waals surface area contributed by atoms with Crippen LogP contribution in [0.2, 0.25) is 10.0 Å². The zero-order valence-electron chi connectivity index (χ0n) is 9.78. The molecule has 0 atom stereocenters. The van der Waals surface area contributed by atoms with Crippen LogP contribution in [0, 0.1) is 6.92 Å². The fourth-order valence-electron chi connectivity index (χ4n) is 1.51. The van der Waals surface area contributed by atoms with Crippen molar-refractivity contribution in [1.29, 1.82) is 0 Å². The average Bonchev–Trinajstić information content (AvgIpc) is 2.33. The lowest BCUT2D eigenvalue weighted by molar-refractivity contribution is 0.461. The third-order valence-electron chi connectivity index (χ3n) is 2.50. The summed E-state index contributed by atoms with van der Waals surface area (Å²) in [5.41, 5.74) is 7.42. The molecule has 18 heavy (non-hydrogen) atoms. The number of benzene rings is 1. The normalized spacial score (nSPS) is 10.4. The van der Waals surface area contributed by atoms with E-state index in [2.05, 4.69) is 4.98 Å². The van der Waals surface area contributed by atoms with Crippen molar-refractivity contribution in [3.8, 4) is 11.6 Å². The summed E-state index contributed by atoms with van der Waals surface area (Å²) in [5.74, 6) is 1.00. The van der Waals surface area contributed by atoms with E-state index in [1.165, 1.54) is 0 Å². The molecule has 1 aromatic carbocycles. The molecule has 5 heteroatoms. The second-order valence-corrected chi connectivity index (χ2v) is 4.62. The number of rotatable bonds is 3. The molecule has 0 amide bonds. The summed E-state index contributed by atoms with van der Waals surface area (Å²) in [6, 6.07) is 8.70. The zero-order valence-corrected chi connectivity index (χ0v) is 11.3. The highest BCUT2D eigenvalue weighted by atomic mass is 35.5. The molecule has 94 valence electrons. The van der Waals surface area contributed by atoms with E-state index in [1.54, 1.807) is 24.3 Å². The molecule has 2 rings (SSSR count). The number of aromatic nitrogens is 1. The van der Waals surface area contributed by atoms with Crippen molar-refractivity contribution in [2.75, 3.05) is 0 Å². The van der Waals surface area contributed by atoms with Crippen LogP contribution in [0.4, 0.5) is 0 Å². The van der Waals surface area contributed by atoms with Gasteiger partial charge in [0.05, 0.1) is 5.02 Å². The minimum Gasteiger partial charge on any atom is -0.437 e. The highest BCUT2D eigenvalue weighted by molar-refractivity contribution is 6.35. The summed E-state index contributed by atoms with van der Waals surface area (Å²) in [6.07, 6.45) is 0. The Hall–Kier alpha value is -1.29. The number of nitrogens with two attached hydrogens (primary N) is 1. The van der Waals surface area contributed by atoms with Crippen molar-refractivity contribution in [3.05, 3.63) is 51.6 Å². The van der Waals surface area contributed by atoms with Gasteiger partial charge in [0.15, 0.2) is 0 Å². The first-order chi connectivity index (χ1) is 8.60. The fraction of sp³-hybridized carbons (Fsp3) is 0.154. The fourth-order valence-corrected chi connectivity index (χ4v) is 1.96. The Morgan fingerprint density at radius 1 is 1.22 bits per heavy atom. The Balaban J connectivity index is 2.26. The number of halogens is 2. The van der Waals surface area contributed by atoms with Crippen LogP contribution in [-0.4, -0.2) is 4.98 Å². The van der Waals surface area contributed by atoms with Gasteiger partial charge in [-0.3, -0.25) is 0 Å². The third kappa shape index (κ3) is 2.93. The van der Waals surface area contributed by atoms with Gasteiger partial charge in [0, 0.05) is 23.3 Å². The van der Waals surface area contributed by atoms with Gasteiger partial charge in [-0.05, 0) is 30.7 Å². The van der Waals surface area contributed by atoms with Crippen molar-refractivity contribution < 1.29 is 4.74 Å². The lowest BCUT2D eigenvalue weighted by Gasteiger charge is -2.09. The molecule has 1 aromatic heterocycles. The van der Waals surface area contributed by atoms with Crippen LogP contribution in [0.3, 0.4) is 0 Å². The van der Waals surface area contributed by atoms with E-state index >= 15 is 0 Å². The zero-order chi connectivity index (χ0) is 13.1. The van der Waals surface area contributed by atoms with Gasteiger partial charge in [0.2, 0.25) is 5.88 Å². The predicted octanol–water partition coefficient (Wildman–Crippen LogP) is 3.95. The van der Waals surface area contributed by atoms with Crippen molar-refractivity contribution >= 4 is 23.2 Å². The van der Waals surface area contributed by atoms with Crippen LogP contribution in [0.1, 0.15) is 11.3 Å². The Bertz CT molecular complexity index is 573. The number of hydrogen-bond acceptors (Lipinski definition) is 3. The molecule has 2 N–H and O–H groups in total. The minimum absolute atomic E-state index is 0.449. The molecular formula is C13H12Cl2N2O. The molecular weight excluding hydrogens is 271 g/mol. The van der Waals surface area contributed by atoms with Crippen LogP contribution in [0.25, 0.3) is 0 Å². The van der Waals surface area contributed by atoms with Gasteiger partial charge >= 0.3 is 0 Å². The first kappa shape index (κ1) is 13.1. The van der Waals surface area contributed by atoms with Crippen LogP contribution >= 0.6 is 23.2 Å². The molecule has 0 aliphatic rings. The van der Waals surface area contributed by atoms with E-state index in [1.807, 2.05) is 13.0 Å². The van der Waals surface area contributed by atoms with E-state index < -0.39 is 0 Å². The molecule has 0 bridgehead atoms. The van der Waals surface area contributed by atoms with Gasteiger partial charge in [-0.25, -0.2) is 4.98 Å². The van der Waals surface area contributed by atoms with E-state index in [-0.39, 0.29) is 0 Å². The maximum Gasteiger partial charge on any atom is 0.219 e. The van der Waals surface area contributed by atoms with Gasteiger partial charge in [-0.1, -0.05) is 29.3 Å². The summed E-state index contributed by atoms with van der Waals surface area (Å²) >= 11 is 11.8. The smallest absolute Gasteiger partial charge is 0.219 e. The standard InChI is InChI=1S/C13H12Cl2N2O/c1-8-9(7-16)2-5-13(17-8)18-12-4-3-10(14)6-11(12)15/h2-6H,7,16H2,1H3. The van der Waals surface area contributed by atoms with Gasteiger partial charge in [0.1, 0.15) is 5.75 Å². The first-order valence-electron chi connectivity index (χ1n) is 5.39. The largest absolute Gasteiger partial charge is 0.437 e. The van der Waals surface area contributed by atoms with Crippen LogP contribution in [0.15, 0.2) is 30.3 Å². The maximum absolute atomic E-state index is 6.02. The highest BCUT2D eigenvalue weighted by Gasteiger charge is 2.06. The third-order valence-corrected chi connectivity index (χ3v) is 3.03. The lowest BCUT2D eigenvalue weighted by Crippen LogP contribution is -2.01. The number of nitrogens with zero attached hydrogens (tertiary/aromatic N) is 1. The Labute approximate surface area is 115 Å². The summed E-state index contributed by atoms with van der Waals surface area (Å²) in [6.45, 7) is 2.35. The summed E-state index contributed by atoms with van der Waals surface area (Å²) in [7, 11) is 0. The van der Waals surface area contributed by atoms with Crippen LogP contribution < -0.4 is 10.5 Å². The monoisotopic (exact) mass is 282 g/mol. The van der Waals surface area contributed by atoms with E-state index in [0.717, 1.165) is 11.3 Å². The summed E-state index contributed by atoms with van der Waals surface area (Å²) in [5, 5.41) is 1.01. The van der Waals surface area contributed by atoms with E-state index in [9.17, 15) is 0 Å². The number of aryl methyl sites for hydroxylation is 1.